The van der Waals surface area contributed by atoms with Crippen LogP contribution in [0.4, 0.5) is 0 Å². The van der Waals surface area contributed by atoms with Crippen LogP contribution in [0.25, 0.3) is 0 Å². The van der Waals surface area contributed by atoms with Crippen molar-refractivity contribution < 1.29 is 30.0 Å². The number of aliphatic hydroxyl groups excluding tert-OH is 4. The van der Waals surface area contributed by atoms with Crippen LogP contribution < -0.4 is 10.6 Å². The van der Waals surface area contributed by atoms with E-state index in [1.165, 1.54) is 0 Å². The third-order valence-corrected chi connectivity index (χ3v) is 3.06. The minimum absolute atomic E-state index is 0.0608. The van der Waals surface area contributed by atoms with Crippen LogP contribution in [-0.4, -0.2) is 68.2 Å². The van der Waals surface area contributed by atoms with E-state index < -0.39 is 42.7 Å². The number of carbonyl (C=O) groups is 1. The van der Waals surface area contributed by atoms with Gasteiger partial charge in [-0.2, -0.15) is 0 Å². The summed E-state index contributed by atoms with van der Waals surface area (Å²) in [6.45, 7) is -0.617. The Kier molecular flexibility index (Phi) is 3.06. The highest BCUT2D eigenvalue weighted by molar-refractivity contribution is 7.80. The molecule has 0 aromatic carbocycles. The van der Waals surface area contributed by atoms with Crippen LogP contribution in [0.2, 0.25) is 0 Å². The molecular formula is C8H12N2O6S. The van der Waals surface area contributed by atoms with E-state index >= 15 is 0 Å². The highest BCUT2D eigenvalue weighted by Crippen LogP contribution is 2.30. The average molecular weight is 264 g/mol. The molecule has 9 heteroatoms. The molecule has 96 valence electrons. The normalized spacial score (nSPS) is 45.9. The molecule has 2 aliphatic heterocycles. The summed E-state index contributed by atoms with van der Waals surface area (Å²) in [5.74, 6) is -0.778. The first-order valence-corrected chi connectivity index (χ1v) is 5.29. The van der Waals surface area contributed by atoms with Crippen molar-refractivity contribution in [1.29, 1.82) is 0 Å². The maximum atomic E-state index is 11.7. The van der Waals surface area contributed by atoms with E-state index in [-0.39, 0.29) is 5.11 Å². The fraction of sp³-hybridized carbons (Fsp3) is 0.750. The van der Waals surface area contributed by atoms with Gasteiger partial charge in [-0.15, -0.1) is 0 Å². The van der Waals surface area contributed by atoms with E-state index in [0.717, 1.165) is 0 Å². The fourth-order valence-corrected chi connectivity index (χ4v) is 2.16. The molecule has 17 heavy (non-hydrogen) atoms. The summed E-state index contributed by atoms with van der Waals surface area (Å²) in [6, 6.07) is 0. The van der Waals surface area contributed by atoms with Gasteiger partial charge in [-0.05, 0) is 12.2 Å². The Bertz CT molecular complexity index is 364. The van der Waals surface area contributed by atoms with Crippen molar-refractivity contribution in [3.8, 4) is 0 Å². The van der Waals surface area contributed by atoms with Gasteiger partial charge in [-0.1, -0.05) is 0 Å². The lowest BCUT2D eigenvalue weighted by Gasteiger charge is -2.44. The second-order valence-corrected chi connectivity index (χ2v) is 4.32. The van der Waals surface area contributed by atoms with E-state index in [1.807, 2.05) is 0 Å². The molecular weight excluding hydrogens is 252 g/mol. The molecule has 0 saturated carbocycles. The Morgan fingerprint density at radius 3 is 2.47 bits per heavy atom. The van der Waals surface area contributed by atoms with Gasteiger partial charge in [0.2, 0.25) is 0 Å². The summed E-state index contributed by atoms with van der Waals surface area (Å²) in [4.78, 5) is 11.7. The monoisotopic (exact) mass is 264 g/mol. The van der Waals surface area contributed by atoms with Crippen LogP contribution in [0.15, 0.2) is 0 Å². The lowest BCUT2D eigenvalue weighted by molar-refractivity contribution is -0.267. The summed E-state index contributed by atoms with van der Waals surface area (Å²) in [5.41, 5.74) is -1.97. The van der Waals surface area contributed by atoms with Crippen LogP contribution in [0.1, 0.15) is 0 Å². The molecule has 0 aromatic rings. The molecule has 1 spiro atoms. The van der Waals surface area contributed by atoms with Crippen molar-refractivity contribution >= 4 is 23.2 Å². The first-order chi connectivity index (χ1) is 7.92. The maximum absolute atomic E-state index is 11.7. The summed E-state index contributed by atoms with van der Waals surface area (Å²) >= 11 is 4.70. The first kappa shape index (κ1) is 12.6. The summed E-state index contributed by atoms with van der Waals surface area (Å²) < 4.78 is 5.14. The van der Waals surface area contributed by atoms with Crippen molar-refractivity contribution in [2.75, 3.05) is 6.61 Å². The van der Waals surface area contributed by atoms with Gasteiger partial charge >= 0.3 is 0 Å². The Morgan fingerprint density at radius 2 is 2.00 bits per heavy atom. The number of amides is 1. The van der Waals surface area contributed by atoms with Crippen LogP contribution >= 0.6 is 12.2 Å². The Balaban J connectivity index is 2.34. The summed E-state index contributed by atoms with van der Waals surface area (Å²) in [7, 11) is 0. The number of thiocarbonyl (C=S) groups is 1. The van der Waals surface area contributed by atoms with Crippen LogP contribution in [0, 0.1) is 0 Å². The van der Waals surface area contributed by atoms with Gasteiger partial charge in [-0.25, -0.2) is 0 Å². The van der Waals surface area contributed by atoms with Gasteiger partial charge in [0, 0.05) is 0 Å². The predicted octanol–water partition coefficient (Wildman–Crippen LogP) is -3.84. The third kappa shape index (κ3) is 1.71. The highest BCUT2D eigenvalue weighted by Gasteiger charge is 2.61. The number of carbonyl (C=O) groups excluding carboxylic acids is 1. The molecule has 2 aliphatic rings. The SMILES string of the molecule is O=C1NC(=S)N[C@@]12O[C@H](CO)[C@H](O)[C@H](O)[C@H]2O. The van der Waals surface area contributed by atoms with Gasteiger partial charge in [0.25, 0.3) is 11.6 Å². The summed E-state index contributed by atoms with van der Waals surface area (Å²) in [6.07, 6.45) is -6.04. The smallest absolute Gasteiger partial charge is 0.282 e. The average Bonchev–Trinajstić information content (AvgIpc) is 2.57. The van der Waals surface area contributed by atoms with E-state index in [9.17, 15) is 20.1 Å². The fourth-order valence-electron chi connectivity index (χ4n) is 1.91. The van der Waals surface area contributed by atoms with Crippen LogP contribution in [-0.2, 0) is 9.53 Å². The molecule has 0 aromatic heterocycles. The van der Waals surface area contributed by atoms with E-state index in [1.54, 1.807) is 0 Å². The van der Waals surface area contributed by atoms with E-state index in [2.05, 4.69) is 10.6 Å². The molecule has 5 atom stereocenters. The van der Waals surface area contributed by atoms with Gasteiger partial charge in [0.15, 0.2) is 5.11 Å². The molecule has 8 nitrogen and oxygen atoms in total. The lowest BCUT2D eigenvalue weighted by Crippen LogP contribution is -2.71. The topological polar surface area (TPSA) is 131 Å². The molecule has 2 fully saturated rings. The largest absolute Gasteiger partial charge is 0.394 e. The molecule has 0 unspecified atom stereocenters. The zero-order valence-electron chi connectivity index (χ0n) is 8.53. The Labute approximate surface area is 101 Å². The third-order valence-electron chi connectivity index (χ3n) is 2.85. The minimum Gasteiger partial charge on any atom is -0.394 e. The second kappa shape index (κ2) is 4.12. The quantitative estimate of drug-likeness (QED) is 0.265. The van der Waals surface area contributed by atoms with Crippen LogP contribution in [0.5, 0.6) is 0 Å². The molecule has 2 rings (SSSR count). The first-order valence-electron chi connectivity index (χ1n) is 4.89. The number of nitrogens with one attached hydrogen (secondary N) is 2. The van der Waals surface area contributed by atoms with Crippen molar-refractivity contribution in [1.82, 2.24) is 10.6 Å². The molecule has 0 radical (unpaired) electrons. The summed E-state index contributed by atoms with van der Waals surface area (Å²) in [5, 5.41) is 42.5. The van der Waals surface area contributed by atoms with Crippen molar-refractivity contribution in [3.05, 3.63) is 0 Å². The molecule has 1 amide bonds. The number of hydrogen-bond acceptors (Lipinski definition) is 7. The molecule has 0 aliphatic carbocycles. The zero-order valence-corrected chi connectivity index (χ0v) is 9.35. The van der Waals surface area contributed by atoms with Crippen molar-refractivity contribution in [2.45, 2.75) is 30.1 Å². The van der Waals surface area contributed by atoms with Gasteiger partial charge in [-0.3, -0.25) is 10.1 Å². The standard InChI is InChI=1S/C8H12N2O6S/c11-1-2-3(12)4(13)5(14)8(16-2)6(15)9-7(17)10-8/h2-5,11-14H,1H2,(H2,9,10,15,17)/t2-,3+,4+,5-,8+/m1/s1. The van der Waals surface area contributed by atoms with Crippen LogP contribution in [0.3, 0.4) is 0 Å². The van der Waals surface area contributed by atoms with E-state index in [4.69, 9.17) is 22.1 Å². The van der Waals surface area contributed by atoms with Gasteiger partial charge in [0.05, 0.1) is 6.61 Å². The molecule has 2 heterocycles. The number of aliphatic hydroxyl groups is 4. The number of ether oxygens (including phenoxy) is 1. The zero-order chi connectivity index (χ0) is 12.8. The lowest BCUT2D eigenvalue weighted by atomic mass is 9.90. The number of hydrogen-bond donors (Lipinski definition) is 6. The van der Waals surface area contributed by atoms with E-state index in [0.29, 0.717) is 0 Å². The van der Waals surface area contributed by atoms with Gasteiger partial charge in [0.1, 0.15) is 24.4 Å². The Hall–Kier alpha value is -0.840. The van der Waals surface area contributed by atoms with Crippen molar-refractivity contribution in [3.63, 3.8) is 0 Å². The van der Waals surface area contributed by atoms with Crippen molar-refractivity contribution in [2.24, 2.45) is 0 Å². The highest BCUT2D eigenvalue weighted by atomic mass is 32.1. The maximum Gasteiger partial charge on any atom is 0.282 e. The second-order valence-electron chi connectivity index (χ2n) is 3.91. The number of rotatable bonds is 1. The van der Waals surface area contributed by atoms with Gasteiger partial charge < -0.3 is 30.5 Å². The molecule has 0 bridgehead atoms. The Morgan fingerprint density at radius 1 is 1.35 bits per heavy atom. The molecule has 2 saturated heterocycles. The molecule has 6 N–H and O–H groups in total. The predicted molar refractivity (Wildman–Crippen MR) is 56.6 cm³/mol. The minimum atomic E-state index is -1.97.